The fourth-order valence-corrected chi connectivity index (χ4v) is 3.94. The third kappa shape index (κ3) is 3.69. The van der Waals surface area contributed by atoms with E-state index in [9.17, 15) is 4.79 Å². The third-order valence-corrected chi connectivity index (χ3v) is 5.58. The van der Waals surface area contributed by atoms with E-state index in [1.807, 2.05) is 26.0 Å². The molecule has 0 spiro atoms. The maximum absolute atomic E-state index is 12.7. The van der Waals surface area contributed by atoms with Gasteiger partial charge in [0.05, 0.1) is 53.9 Å². The van der Waals surface area contributed by atoms with E-state index >= 15 is 0 Å². The number of aromatic amines is 1. The Morgan fingerprint density at radius 1 is 1.16 bits per heavy atom. The van der Waals surface area contributed by atoms with Crippen molar-refractivity contribution < 1.29 is 9.53 Å². The zero-order valence-electron chi connectivity index (χ0n) is 18.2. The molecule has 0 aromatic carbocycles. The van der Waals surface area contributed by atoms with E-state index in [4.69, 9.17) is 9.72 Å². The topological polar surface area (TPSA) is 114 Å². The van der Waals surface area contributed by atoms with Crippen LogP contribution in [0.3, 0.4) is 0 Å². The molecule has 10 heteroatoms. The number of ether oxygens (including phenoxy) is 1. The van der Waals surface area contributed by atoms with Crippen molar-refractivity contribution in [2.24, 2.45) is 7.05 Å². The van der Waals surface area contributed by atoms with Crippen LogP contribution in [0.25, 0.3) is 22.3 Å². The average Bonchev–Trinajstić information content (AvgIpc) is 3.40. The van der Waals surface area contributed by atoms with E-state index < -0.39 is 0 Å². The maximum Gasteiger partial charge on any atom is 0.259 e. The predicted octanol–water partition coefficient (Wildman–Crippen LogP) is 2.46. The fraction of sp³-hybridized carbons (Fsp3) is 0.318. The van der Waals surface area contributed by atoms with Gasteiger partial charge in [-0.2, -0.15) is 5.10 Å². The summed E-state index contributed by atoms with van der Waals surface area (Å²) in [4.78, 5) is 32.1. The number of carbonyl (C=O) groups is 1. The number of aryl methyl sites for hydroxylation is 3. The molecule has 1 aliphatic rings. The lowest BCUT2D eigenvalue weighted by Gasteiger charge is -2.28. The molecule has 10 nitrogen and oxygen atoms in total. The van der Waals surface area contributed by atoms with Crippen LogP contribution in [0.15, 0.2) is 30.9 Å². The van der Waals surface area contributed by atoms with Gasteiger partial charge in [-0.3, -0.25) is 14.5 Å². The summed E-state index contributed by atoms with van der Waals surface area (Å²) in [6.45, 7) is 6.58. The molecule has 2 N–H and O–H groups in total. The minimum absolute atomic E-state index is 0.224. The monoisotopic (exact) mass is 432 g/mol. The first-order valence-electron chi connectivity index (χ1n) is 10.4. The SMILES string of the molecule is Cc1nn(C)cc1C(=O)Nc1cnc(C)c(-c2cc3[nH]cnc3c(N3CCOCC3)n2)c1. The Hall–Kier alpha value is -3.79. The van der Waals surface area contributed by atoms with E-state index in [2.05, 4.69) is 30.3 Å². The van der Waals surface area contributed by atoms with E-state index in [-0.39, 0.29) is 5.91 Å². The first-order chi connectivity index (χ1) is 15.5. The van der Waals surface area contributed by atoms with Crippen molar-refractivity contribution in [1.29, 1.82) is 0 Å². The van der Waals surface area contributed by atoms with Crippen molar-refractivity contribution in [1.82, 2.24) is 29.7 Å². The number of pyridine rings is 2. The van der Waals surface area contributed by atoms with E-state index in [0.29, 0.717) is 30.2 Å². The second-order valence-electron chi connectivity index (χ2n) is 7.84. The smallest absolute Gasteiger partial charge is 0.259 e. The summed E-state index contributed by atoms with van der Waals surface area (Å²) in [7, 11) is 1.79. The van der Waals surface area contributed by atoms with E-state index in [0.717, 1.165) is 46.9 Å². The van der Waals surface area contributed by atoms with Crippen molar-refractivity contribution in [2.45, 2.75) is 13.8 Å². The lowest BCUT2D eigenvalue weighted by molar-refractivity contribution is 0.102. The van der Waals surface area contributed by atoms with Gasteiger partial charge in [0.15, 0.2) is 5.82 Å². The molecule has 5 rings (SSSR count). The van der Waals surface area contributed by atoms with Gasteiger partial charge < -0.3 is 19.9 Å². The van der Waals surface area contributed by atoms with Crippen molar-refractivity contribution in [3.63, 3.8) is 0 Å². The van der Waals surface area contributed by atoms with Gasteiger partial charge in [-0.25, -0.2) is 9.97 Å². The maximum atomic E-state index is 12.7. The number of anilines is 2. The number of H-pyrrole nitrogens is 1. The van der Waals surface area contributed by atoms with Crippen LogP contribution in [-0.2, 0) is 11.8 Å². The molecule has 1 aliphatic heterocycles. The summed E-state index contributed by atoms with van der Waals surface area (Å²) in [6, 6.07) is 3.87. The molecule has 4 aromatic heterocycles. The number of imidazole rings is 1. The quantitative estimate of drug-likeness (QED) is 0.509. The molecule has 0 atom stereocenters. The molecular weight excluding hydrogens is 408 g/mol. The van der Waals surface area contributed by atoms with Crippen LogP contribution in [0, 0.1) is 13.8 Å². The lowest BCUT2D eigenvalue weighted by atomic mass is 10.1. The number of aromatic nitrogens is 6. The van der Waals surface area contributed by atoms with Crippen molar-refractivity contribution >= 4 is 28.4 Å². The lowest BCUT2D eigenvalue weighted by Crippen LogP contribution is -2.37. The van der Waals surface area contributed by atoms with Gasteiger partial charge in [0.1, 0.15) is 5.52 Å². The molecule has 0 radical (unpaired) electrons. The number of fused-ring (bicyclic) bond motifs is 1. The van der Waals surface area contributed by atoms with Crippen LogP contribution >= 0.6 is 0 Å². The Balaban J connectivity index is 1.52. The minimum Gasteiger partial charge on any atom is -0.378 e. The van der Waals surface area contributed by atoms with Crippen LogP contribution in [0.2, 0.25) is 0 Å². The van der Waals surface area contributed by atoms with Gasteiger partial charge in [0, 0.05) is 37.6 Å². The number of nitrogens with one attached hydrogen (secondary N) is 2. The molecule has 1 amide bonds. The van der Waals surface area contributed by atoms with Crippen molar-refractivity contribution in [3.8, 4) is 11.3 Å². The molecule has 4 aromatic rings. The number of hydrogen-bond acceptors (Lipinski definition) is 7. The normalized spacial score (nSPS) is 14.2. The van der Waals surface area contributed by atoms with Crippen LogP contribution in [0.5, 0.6) is 0 Å². The van der Waals surface area contributed by atoms with Gasteiger partial charge in [-0.1, -0.05) is 0 Å². The number of rotatable bonds is 4. The predicted molar refractivity (Wildman–Crippen MR) is 121 cm³/mol. The van der Waals surface area contributed by atoms with E-state index in [1.54, 1.807) is 30.5 Å². The molecular formula is C22H24N8O2. The van der Waals surface area contributed by atoms with Crippen LogP contribution < -0.4 is 10.2 Å². The molecule has 5 heterocycles. The molecule has 0 unspecified atom stereocenters. The molecule has 164 valence electrons. The first-order valence-corrected chi connectivity index (χ1v) is 10.4. The van der Waals surface area contributed by atoms with E-state index in [1.165, 1.54) is 0 Å². The number of carbonyl (C=O) groups excluding carboxylic acids is 1. The number of amides is 1. The Morgan fingerprint density at radius 3 is 2.72 bits per heavy atom. The number of nitrogens with zero attached hydrogens (tertiary/aromatic N) is 6. The summed E-state index contributed by atoms with van der Waals surface area (Å²) in [5.41, 5.74) is 5.96. The zero-order valence-corrected chi connectivity index (χ0v) is 18.2. The third-order valence-electron chi connectivity index (χ3n) is 5.58. The highest BCUT2D eigenvalue weighted by Gasteiger charge is 2.20. The highest BCUT2D eigenvalue weighted by molar-refractivity contribution is 6.05. The second kappa shape index (κ2) is 8.04. The summed E-state index contributed by atoms with van der Waals surface area (Å²) in [5, 5.41) is 7.17. The van der Waals surface area contributed by atoms with Crippen molar-refractivity contribution in [3.05, 3.63) is 47.8 Å². The Morgan fingerprint density at radius 2 is 1.97 bits per heavy atom. The Labute approximate surface area is 184 Å². The first kappa shape index (κ1) is 20.1. The van der Waals surface area contributed by atoms with Gasteiger partial charge in [-0.15, -0.1) is 0 Å². The highest BCUT2D eigenvalue weighted by Crippen LogP contribution is 2.31. The van der Waals surface area contributed by atoms with Crippen LogP contribution in [0.4, 0.5) is 11.5 Å². The molecule has 1 fully saturated rings. The molecule has 0 aliphatic carbocycles. The zero-order chi connectivity index (χ0) is 22.2. The molecule has 0 bridgehead atoms. The number of hydrogen-bond donors (Lipinski definition) is 2. The van der Waals surface area contributed by atoms with Gasteiger partial charge in [0.25, 0.3) is 5.91 Å². The summed E-state index contributed by atoms with van der Waals surface area (Å²) in [6.07, 6.45) is 5.04. The Kier molecular flexibility index (Phi) is 5.06. The van der Waals surface area contributed by atoms with Crippen molar-refractivity contribution in [2.75, 3.05) is 36.5 Å². The number of morpholine rings is 1. The average molecular weight is 432 g/mol. The Bertz CT molecular complexity index is 1300. The summed E-state index contributed by atoms with van der Waals surface area (Å²) >= 11 is 0. The van der Waals surface area contributed by atoms with Crippen LogP contribution in [0.1, 0.15) is 21.7 Å². The molecule has 0 saturated carbocycles. The second-order valence-corrected chi connectivity index (χ2v) is 7.84. The summed E-state index contributed by atoms with van der Waals surface area (Å²) < 4.78 is 7.12. The fourth-order valence-electron chi connectivity index (χ4n) is 3.94. The highest BCUT2D eigenvalue weighted by atomic mass is 16.5. The molecule has 32 heavy (non-hydrogen) atoms. The van der Waals surface area contributed by atoms with Gasteiger partial charge in [0.2, 0.25) is 0 Å². The minimum atomic E-state index is -0.224. The van der Waals surface area contributed by atoms with Gasteiger partial charge >= 0.3 is 0 Å². The standard InChI is InChI=1S/C22H24N8O2/c1-13-16(8-15(10-23-13)26-22(31)17-11-29(3)28-14(17)2)18-9-19-20(25-12-24-19)21(27-18)30-4-6-32-7-5-30/h8-12H,4-7H2,1-3H3,(H,24,25)(H,26,31). The largest absolute Gasteiger partial charge is 0.378 e. The molecule has 1 saturated heterocycles. The summed E-state index contributed by atoms with van der Waals surface area (Å²) in [5.74, 6) is 0.597. The van der Waals surface area contributed by atoms with Gasteiger partial charge in [-0.05, 0) is 26.0 Å². The van der Waals surface area contributed by atoms with Crippen LogP contribution in [-0.4, -0.2) is 61.9 Å².